The molecule has 1 aromatic carbocycles. The number of aromatic nitrogens is 1. The van der Waals surface area contributed by atoms with Crippen LogP contribution in [0.25, 0.3) is 0 Å². The van der Waals surface area contributed by atoms with E-state index in [0.717, 1.165) is 5.56 Å². The summed E-state index contributed by atoms with van der Waals surface area (Å²) in [5, 5.41) is 3.94. The fourth-order valence-corrected chi connectivity index (χ4v) is 4.82. The number of hydrazone groups is 1. The molecule has 1 N–H and O–H groups in total. The van der Waals surface area contributed by atoms with Crippen LogP contribution < -0.4 is 5.43 Å². The van der Waals surface area contributed by atoms with E-state index in [0.29, 0.717) is 29.8 Å². The zero-order valence-corrected chi connectivity index (χ0v) is 15.9. The van der Waals surface area contributed by atoms with Gasteiger partial charge in [0.2, 0.25) is 15.9 Å². The molecule has 1 amide bonds. The van der Waals surface area contributed by atoms with E-state index in [1.807, 2.05) is 6.07 Å². The van der Waals surface area contributed by atoms with Gasteiger partial charge in [-0.05, 0) is 37.5 Å². The van der Waals surface area contributed by atoms with Crippen molar-refractivity contribution in [2.75, 3.05) is 13.1 Å². The van der Waals surface area contributed by atoms with Crippen LogP contribution in [-0.2, 0) is 14.8 Å². The maximum atomic E-state index is 12.9. The first kappa shape index (κ1) is 19.2. The molecule has 142 valence electrons. The Kier molecular flexibility index (Phi) is 5.98. The van der Waals surface area contributed by atoms with E-state index in [9.17, 15) is 13.2 Å². The fraction of sp³-hybridized carbons (Fsp3) is 0.316. The molecule has 1 aliphatic heterocycles. The van der Waals surface area contributed by atoms with Crippen LogP contribution in [0.15, 0.2) is 58.8 Å². The molecule has 1 saturated heterocycles. The molecule has 2 aromatic rings. The van der Waals surface area contributed by atoms with Crippen molar-refractivity contribution in [3.05, 3.63) is 59.9 Å². The van der Waals surface area contributed by atoms with E-state index >= 15 is 0 Å². The van der Waals surface area contributed by atoms with E-state index in [2.05, 4.69) is 15.5 Å². The SMILES string of the molecule is Cc1ccccc1S(=O)(=O)N1CCC[C@H](C(=O)N/N=C\c2cccnc2)C1. The molecule has 0 spiro atoms. The van der Waals surface area contributed by atoms with Crippen LogP contribution in [0.2, 0.25) is 0 Å². The Bertz CT molecular complexity index is 929. The van der Waals surface area contributed by atoms with E-state index in [1.165, 1.54) is 10.5 Å². The van der Waals surface area contributed by atoms with Crippen molar-refractivity contribution >= 4 is 22.1 Å². The number of rotatable bonds is 5. The number of nitrogens with zero attached hydrogens (tertiary/aromatic N) is 3. The maximum Gasteiger partial charge on any atom is 0.244 e. The zero-order valence-electron chi connectivity index (χ0n) is 15.1. The lowest BCUT2D eigenvalue weighted by Gasteiger charge is -2.31. The van der Waals surface area contributed by atoms with Gasteiger partial charge >= 0.3 is 0 Å². The Labute approximate surface area is 159 Å². The molecule has 1 atom stereocenters. The minimum atomic E-state index is -3.62. The molecule has 0 bridgehead atoms. The van der Waals surface area contributed by atoms with Crippen molar-refractivity contribution in [2.45, 2.75) is 24.7 Å². The quantitative estimate of drug-likeness (QED) is 0.628. The number of carbonyl (C=O) groups is 1. The van der Waals surface area contributed by atoms with E-state index in [-0.39, 0.29) is 12.5 Å². The average Bonchev–Trinajstić information content (AvgIpc) is 2.69. The predicted octanol–water partition coefficient (Wildman–Crippen LogP) is 1.94. The van der Waals surface area contributed by atoms with Crippen molar-refractivity contribution in [1.29, 1.82) is 0 Å². The Morgan fingerprint density at radius 1 is 1.30 bits per heavy atom. The second-order valence-electron chi connectivity index (χ2n) is 6.49. The number of hydrogen-bond acceptors (Lipinski definition) is 5. The molecule has 2 heterocycles. The van der Waals surface area contributed by atoms with Crippen molar-refractivity contribution in [1.82, 2.24) is 14.7 Å². The Balaban J connectivity index is 1.66. The van der Waals surface area contributed by atoms with Gasteiger partial charge in [-0.2, -0.15) is 9.41 Å². The zero-order chi connectivity index (χ0) is 19.3. The minimum absolute atomic E-state index is 0.158. The molecular weight excluding hydrogens is 364 g/mol. The third-order valence-electron chi connectivity index (χ3n) is 4.54. The molecule has 0 unspecified atom stereocenters. The van der Waals surface area contributed by atoms with Crippen molar-refractivity contribution in [3.8, 4) is 0 Å². The second kappa shape index (κ2) is 8.41. The van der Waals surface area contributed by atoms with Crippen LogP contribution in [0, 0.1) is 12.8 Å². The van der Waals surface area contributed by atoms with Gasteiger partial charge in [0.1, 0.15) is 0 Å². The van der Waals surface area contributed by atoms with Gasteiger partial charge in [-0.25, -0.2) is 13.8 Å². The fourth-order valence-electron chi connectivity index (χ4n) is 3.07. The van der Waals surface area contributed by atoms with E-state index in [4.69, 9.17) is 0 Å². The number of pyridine rings is 1. The van der Waals surface area contributed by atoms with Gasteiger partial charge in [-0.1, -0.05) is 24.3 Å². The van der Waals surface area contributed by atoms with Crippen molar-refractivity contribution in [2.24, 2.45) is 11.0 Å². The predicted molar refractivity (Wildman–Crippen MR) is 103 cm³/mol. The van der Waals surface area contributed by atoms with Gasteiger partial charge in [0.05, 0.1) is 17.0 Å². The van der Waals surface area contributed by atoms with Crippen LogP contribution in [-0.4, -0.2) is 42.9 Å². The smallest absolute Gasteiger partial charge is 0.244 e. The van der Waals surface area contributed by atoms with Crippen LogP contribution in [0.1, 0.15) is 24.0 Å². The molecule has 0 saturated carbocycles. The van der Waals surface area contributed by atoms with Gasteiger partial charge < -0.3 is 0 Å². The lowest BCUT2D eigenvalue weighted by molar-refractivity contribution is -0.126. The topological polar surface area (TPSA) is 91.7 Å². The summed E-state index contributed by atoms with van der Waals surface area (Å²) in [6.07, 6.45) is 6.06. The lowest BCUT2D eigenvalue weighted by Crippen LogP contribution is -2.44. The van der Waals surface area contributed by atoms with Crippen molar-refractivity contribution in [3.63, 3.8) is 0 Å². The van der Waals surface area contributed by atoms with E-state index in [1.54, 1.807) is 49.6 Å². The second-order valence-corrected chi connectivity index (χ2v) is 8.39. The van der Waals surface area contributed by atoms with Gasteiger partial charge in [0, 0.05) is 31.0 Å². The summed E-state index contributed by atoms with van der Waals surface area (Å²) in [6, 6.07) is 10.5. The molecule has 1 aromatic heterocycles. The summed E-state index contributed by atoms with van der Waals surface area (Å²) >= 11 is 0. The lowest BCUT2D eigenvalue weighted by atomic mass is 9.99. The number of piperidine rings is 1. The number of nitrogens with one attached hydrogen (secondary N) is 1. The molecular formula is C19H22N4O3S. The highest BCUT2D eigenvalue weighted by Crippen LogP contribution is 2.25. The largest absolute Gasteiger partial charge is 0.273 e. The molecule has 1 fully saturated rings. The summed E-state index contributed by atoms with van der Waals surface area (Å²) in [7, 11) is -3.62. The highest BCUT2D eigenvalue weighted by Gasteiger charge is 2.33. The Morgan fingerprint density at radius 3 is 2.85 bits per heavy atom. The van der Waals surface area contributed by atoms with Crippen LogP contribution in [0.3, 0.4) is 0 Å². The number of amides is 1. The highest BCUT2D eigenvalue weighted by atomic mass is 32.2. The molecule has 27 heavy (non-hydrogen) atoms. The van der Waals surface area contributed by atoms with Gasteiger partial charge in [-0.15, -0.1) is 0 Å². The number of carbonyl (C=O) groups excluding carboxylic acids is 1. The van der Waals surface area contributed by atoms with Crippen LogP contribution >= 0.6 is 0 Å². The first-order valence-corrected chi connectivity index (χ1v) is 10.2. The maximum absolute atomic E-state index is 12.9. The summed E-state index contributed by atoms with van der Waals surface area (Å²) in [6.45, 7) is 2.35. The molecule has 0 aliphatic carbocycles. The number of aryl methyl sites for hydroxylation is 1. The van der Waals surface area contributed by atoms with Crippen LogP contribution in [0.5, 0.6) is 0 Å². The first-order chi connectivity index (χ1) is 13.0. The highest BCUT2D eigenvalue weighted by molar-refractivity contribution is 7.89. The van der Waals surface area contributed by atoms with Crippen LogP contribution in [0.4, 0.5) is 0 Å². The third kappa shape index (κ3) is 4.58. The summed E-state index contributed by atoms with van der Waals surface area (Å²) in [5.74, 6) is -0.705. The van der Waals surface area contributed by atoms with Crippen molar-refractivity contribution < 1.29 is 13.2 Å². The number of benzene rings is 1. The summed E-state index contributed by atoms with van der Waals surface area (Å²) in [5.41, 5.74) is 3.97. The van der Waals surface area contributed by atoms with E-state index < -0.39 is 15.9 Å². The normalized spacial score (nSPS) is 18.5. The average molecular weight is 386 g/mol. The molecule has 8 heteroatoms. The molecule has 7 nitrogen and oxygen atoms in total. The Hall–Kier alpha value is -2.58. The Morgan fingerprint density at radius 2 is 2.11 bits per heavy atom. The van der Waals surface area contributed by atoms with Gasteiger partial charge in [0.25, 0.3) is 0 Å². The number of sulfonamides is 1. The monoisotopic (exact) mass is 386 g/mol. The van der Waals surface area contributed by atoms with Gasteiger partial charge in [-0.3, -0.25) is 9.78 Å². The first-order valence-electron chi connectivity index (χ1n) is 8.77. The molecule has 3 rings (SSSR count). The standard InChI is InChI=1S/C19H22N4O3S/c1-15-6-2-3-9-18(15)27(25,26)23-11-5-8-17(14-23)19(24)22-21-13-16-7-4-10-20-12-16/h2-4,6-7,9-10,12-13,17H,5,8,11,14H2,1H3,(H,22,24)/b21-13-/t17-/m0/s1. The minimum Gasteiger partial charge on any atom is -0.273 e. The summed E-state index contributed by atoms with van der Waals surface area (Å²) in [4.78, 5) is 16.7. The number of hydrogen-bond donors (Lipinski definition) is 1. The third-order valence-corrected chi connectivity index (χ3v) is 6.56. The summed E-state index contributed by atoms with van der Waals surface area (Å²) < 4.78 is 27.3. The molecule has 1 aliphatic rings. The molecule has 0 radical (unpaired) electrons. The van der Waals surface area contributed by atoms with Gasteiger partial charge in [0.15, 0.2) is 0 Å².